The molecule has 0 aromatic heterocycles. The second-order valence-electron chi connectivity index (χ2n) is 3.45. The maximum absolute atomic E-state index is 11.5. The first kappa shape index (κ1) is 13.6. The molecule has 0 saturated heterocycles. The number of hydrogen-bond acceptors (Lipinski definition) is 3. The molecular weight excluding hydrogens is 340 g/mol. The van der Waals surface area contributed by atoms with E-state index < -0.39 is 5.60 Å². The third-order valence-electron chi connectivity index (χ3n) is 2.32. The standard InChI is InChI=1S/C11H12Br2O3/c1-3-9(14)16-11(4-2)5-7(12)10(15)8(13)6-11/h5-6H,3-4H2,1-2H3. The topological polar surface area (TPSA) is 43.4 Å². The average molecular weight is 352 g/mol. The van der Waals surface area contributed by atoms with Crippen LogP contribution in [0.4, 0.5) is 0 Å². The highest BCUT2D eigenvalue weighted by molar-refractivity contribution is 9.13. The number of halogens is 2. The highest BCUT2D eigenvalue weighted by Crippen LogP contribution is 2.34. The second kappa shape index (κ2) is 5.27. The zero-order valence-electron chi connectivity index (χ0n) is 9.05. The molecule has 0 spiro atoms. The summed E-state index contributed by atoms with van der Waals surface area (Å²) in [5, 5.41) is 0. The Hall–Kier alpha value is -0.420. The molecular formula is C11H12Br2O3. The number of rotatable bonds is 3. The first-order valence-electron chi connectivity index (χ1n) is 4.97. The fourth-order valence-corrected chi connectivity index (χ4v) is 2.80. The van der Waals surface area contributed by atoms with Crippen molar-refractivity contribution in [2.45, 2.75) is 32.3 Å². The third-order valence-corrected chi connectivity index (χ3v) is 3.50. The monoisotopic (exact) mass is 350 g/mol. The van der Waals surface area contributed by atoms with E-state index in [4.69, 9.17) is 4.74 Å². The van der Waals surface area contributed by atoms with Gasteiger partial charge in [0.25, 0.3) is 0 Å². The van der Waals surface area contributed by atoms with Gasteiger partial charge in [0.05, 0.1) is 8.96 Å². The van der Waals surface area contributed by atoms with E-state index in [1.54, 1.807) is 19.1 Å². The van der Waals surface area contributed by atoms with Crippen molar-refractivity contribution in [3.8, 4) is 0 Å². The highest BCUT2D eigenvalue weighted by atomic mass is 79.9. The largest absolute Gasteiger partial charge is 0.450 e. The number of esters is 1. The summed E-state index contributed by atoms with van der Waals surface area (Å²) >= 11 is 6.34. The normalized spacial score (nSPS) is 18.9. The molecule has 1 aliphatic carbocycles. The first-order chi connectivity index (χ1) is 7.44. The summed E-state index contributed by atoms with van der Waals surface area (Å²) in [7, 11) is 0. The fraction of sp³-hybridized carbons (Fsp3) is 0.455. The van der Waals surface area contributed by atoms with E-state index in [2.05, 4.69) is 31.9 Å². The molecule has 0 aromatic carbocycles. The number of ether oxygens (including phenoxy) is 1. The van der Waals surface area contributed by atoms with Gasteiger partial charge in [0, 0.05) is 6.42 Å². The Morgan fingerprint density at radius 1 is 1.31 bits per heavy atom. The number of hydrogen-bond donors (Lipinski definition) is 0. The fourth-order valence-electron chi connectivity index (χ4n) is 1.34. The maximum atomic E-state index is 11.5. The van der Waals surface area contributed by atoms with Crippen LogP contribution in [0, 0.1) is 0 Å². The van der Waals surface area contributed by atoms with Gasteiger partial charge in [-0.05, 0) is 50.4 Å². The number of allylic oxidation sites excluding steroid dienone is 2. The van der Waals surface area contributed by atoms with Crippen LogP contribution in [0.5, 0.6) is 0 Å². The van der Waals surface area contributed by atoms with Crippen molar-refractivity contribution in [2.24, 2.45) is 0 Å². The summed E-state index contributed by atoms with van der Waals surface area (Å²) in [5.74, 6) is -0.430. The molecule has 0 heterocycles. The van der Waals surface area contributed by atoms with Gasteiger partial charge in [0.2, 0.25) is 5.78 Å². The van der Waals surface area contributed by atoms with Gasteiger partial charge in [-0.15, -0.1) is 0 Å². The molecule has 0 atom stereocenters. The number of Topliss-reactive ketones (excluding diaryl/α,β-unsaturated/α-hetero) is 1. The van der Waals surface area contributed by atoms with Crippen LogP contribution in [0.1, 0.15) is 26.7 Å². The van der Waals surface area contributed by atoms with Gasteiger partial charge in [-0.3, -0.25) is 9.59 Å². The van der Waals surface area contributed by atoms with Gasteiger partial charge < -0.3 is 4.74 Å². The molecule has 0 aromatic rings. The highest BCUT2D eigenvalue weighted by Gasteiger charge is 2.34. The summed E-state index contributed by atoms with van der Waals surface area (Å²) in [4.78, 5) is 22.9. The van der Waals surface area contributed by atoms with Gasteiger partial charge in [-0.1, -0.05) is 13.8 Å². The lowest BCUT2D eigenvalue weighted by Crippen LogP contribution is -2.33. The van der Waals surface area contributed by atoms with Crippen molar-refractivity contribution in [2.75, 3.05) is 0 Å². The van der Waals surface area contributed by atoms with Crippen molar-refractivity contribution >= 4 is 43.6 Å². The molecule has 0 radical (unpaired) electrons. The molecule has 16 heavy (non-hydrogen) atoms. The Labute approximate surface area is 111 Å². The van der Waals surface area contributed by atoms with Crippen molar-refractivity contribution < 1.29 is 14.3 Å². The summed E-state index contributed by atoms with van der Waals surface area (Å²) in [6, 6.07) is 0. The van der Waals surface area contributed by atoms with Crippen LogP contribution in [0.2, 0.25) is 0 Å². The quantitative estimate of drug-likeness (QED) is 0.733. The van der Waals surface area contributed by atoms with E-state index in [9.17, 15) is 9.59 Å². The lowest BCUT2D eigenvalue weighted by molar-refractivity contribution is -0.151. The average Bonchev–Trinajstić information content (AvgIpc) is 2.25. The first-order valence-corrected chi connectivity index (χ1v) is 6.56. The minimum Gasteiger partial charge on any atom is -0.450 e. The zero-order valence-corrected chi connectivity index (χ0v) is 12.2. The van der Waals surface area contributed by atoms with E-state index in [1.807, 2.05) is 6.92 Å². The SMILES string of the molecule is CCC(=O)OC1(CC)C=C(Br)C(=O)C(Br)=C1. The molecule has 0 saturated carbocycles. The molecule has 5 heteroatoms. The molecule has 1 rings (SSSR count). The van der Waals surface area contributed by atoms with E-state index in [0.29, 0.717) is 21.8 Å². The van der Waals surface area contributed by atoms with E-state index in [0.717, 1.165) is 0 Å². The van der Waals surface area contributed by atoms with Crippen LogP contribution in [-0.4, -0.2) is 17.4 Å². The molecule has 88 valence electrons. The summed E-state index contributed by atoms with van der Waals surface area (Å²) in [6.45, 7) is 3.63. The van der Waals surface area contributed by atoms with Crippen LogP contribution in [0.3, 0.4) is 0 Å². The molecule has 0 fully saturated rings. The third kappa shape index (κ3) is 2.83. The lowest BCUT2D eigenvalue weighted by atomic mass is 9.94. The maximum Gasteiger partial charge on any atom is 0.306 e. The van der Waals surface area contributed by atoms with Crippen LogP contribution in [0.15, 0.2) is 21.1 Å². The Morgan fingerprint density at radius 2 is 1.81 bits per heavy atom. The van der Waals surface area contributed by atoms with Gasteiger partial charge in [0.15, 0.2) is 5.60 Å². The molecule has 0 unspecified atom stereocenters. The number of ketones is 1. The molecule has 0 aliphatic heterocycles. The van der Waals surface area contributed by atoms with Gasteiger partial charge in [0.1, 0.15) is 0 Å². The second-order valence-corrected chi connectivity index (χ2v) is 5.16. The molecule has 1 aliphatic rings. The molecule has 0 bridgehead atoms. The van der Waals surface area contributed by atoms with Crippen LogP contribution in [-0.2, 0) is 14.3 Å². The van der Waals surface area contributed by atoms with Gasteiger partial charge >= 0.3 is 5.97 Å². The van der Waals surface area contributed by atoms with Crippen molar-refractivity contribution in [1.29, 1.82) is 0 Å². The minimum atomic E-state index is -0.821. The van der Waals surface area contributed by atoms with Crippen molar-refractivity contribution in [3.05, 3.63) is 21.1 Å². The molecule has 0 amide bonds. The Kier molecular flexibility index (Phi) is 4.50. The van der Waals surface area contributed by atoms with Crippen LogP contribution in [0.25, 0.3) is 0 Å². The number of carbonyl (C=O) groups is 2. The van der Waals surface area contributed by atoms with E-state index >= 15 is 0 Å². The molecule has 0 N–H and O–H groups in total. The summed E-state index contributed by atoms with van der Waals surface area (Å²) < 4.78 is 6.18. The van der Waals surface area contributed by atoms with Crippen LogP contribution >= 0.6 is 31.9 Å². The van der Waals surface area contributed by atoms with Crippen molar-refractivity contribution in [3.63, 3.8) is 0 Å². The predicted octanol–water partition coefficient (Wildman–Crippen LogP) is 3.23. The summed E-state index contributed by atoms with van der Waals surface area (Å²) in [5.41, 5.74) is -0.821. The van der Waals surface area contributed by atoms with E-state index in [-0.39, 0.29) is 11.8 Å². The predicted molar refractivity (Wildman–Crippen MR) is 68.4 cm³/mol. The zero-order chi connectivity index (χ0) is 12.3. The van der Waals surface area contributed by atoms with Crippen molar-refractivity contribution in [1.82, 2.24) is 0 Å². The van der Waals surface area contributed by atoms with Crippen LogP contribution < -0.4 is 0 Å². The van der Waals surface area contributed by atoms with Gasteiger partial charge in [-0.25, -0.2) is 0 Å². The lowest BCUT2D eigenvalue weighted by Gasteiger charge is -2.29. The number of carbonyl (C=O) groups excluding carboxylic acids is 2. The Balaban J connectivity index is 3.05. The van der Waals surface area contributed by atoms with Gasteiger partial charge in [-0.2, -0.15) is 0 Å². The minimum absolute atomic E-state index is 0.142. The smallest absolute Gasteiger partial charge is 0.306 e. The van der Waals surface area contributed by atoms with E-state index in [1.165, 1.54) is 0 Å². The Morgan fingerprint density at radius 3 is 2.19 bits per heavy atom. The Bertz CT molecular complexity index is 361. The summed E-state index contributed by atoms with van der Waals surface area (Å²) in [6.07, 6.45) is 4.16. The molecule has 3 nitrogen and oxygen atoms in total.